The predicted octanol–water partition coefficient (Wildman–Crippen LogP) is 24.6. The molecule has 0 N–H and O–H groups in total. The lowest BCUT2D eigenvalue weighted by Gasteiger charge is -2.57. The Balaban J connectivity index is 0.965. The largest absolute Gasteiger partial charge is 0.365 e. The first-order chi connectivity index (χ1) is 51.8. The highest BCUT2D eigenvalue weighted by atomic mass is 15.2. The van der Waals surface area contributed by atoms with Crippen LogP contribution in [-0.2, 0) is 5.41 Å². The summed E-state index contributed by atoms with van der Waals surface area (Å²) in [5.74, 6) is 1.72. The minimum Gasteiger partial charge on any atom is -0.365 e. The normalized spacial score (nSPS) is 19.3. The Morgan fingerprint density at radius 3 is 1.21 bits per heavy atom. The average Bonchev–Trinajstić information content (AvgIpc) is 0.805. The number of rotatable bonds is 11. The van der Waals surface area contributed by atoms with Crippen molar-refractivity contribution in [3.8, 4) is 77.9 Å². The van der Waals surface area contributed by atoms with Gasteiger partial charge in [0.2, 0.25) is 0 Å². The molecule has 4 bridgehead atoms. The molecular weight excluding hydrogens is 1280 g/mol. The molecule has 2 atom stereocenters. The van der Waals surface area contributed by atoms with Gasteiger partial charge < -0.3 is 19.6 Å². The zero-order valence-corrected chi connectivity index (χ0v) is 61.5. The summed E-state index contributed by atoms with van der Waals surface area (Å²) >= 11 is 0. The number of hydrogen-bond acceptors (Lipinski definition) is 4. The molecule has 21 rings (SSSR count). The molecule has 8 aliphatic rings. The standard InChI is InChI=1S/C101H87BN4/c1-100(2,3)77-43-48-91-87(60-77)88-61-78(101(4,5)6)44-49-92(88)104(91)82-63-95-97-96(64-82)106(99-85(72-38-24-12-25-39-72)57-76(69-32-18-9-19-33-69)58-86(99)73-40-26-13-27-41-73)94-62-79(103-80-51-65-50-66(53-80)54-81(103)52-65)45-46-89(94)102(97)90-59-74(67-28-14-7-15-29-67)42-47-93(90)105(95)98-83(70-34-20-10-21-35-70)55-75(68-30-16-8-17-31-68)56-84(98)71-36-22-11-23-37-71/h7-49,55-66,80-81,87,91H,50-54H2,1-6H3. The summed E-state index contributed by atoms with van der Waals surface area (Å²) in [4.78, 5) is 11.3. The zero-order chi connectivity index (χ0) is 71.1. The third-order valence-electron chi connectivity index (χ3n) is 24.7. The van der Waals surface area contributed by atoms with Crippen molar-refractivity contribution in [1.29, 1.82) is 0 Å². The van der Waals surface area contributed by atoms with Gasteiger partial charge in [0.05, 0.1) is 17.4 Å². The van der Waals surface area contributed by atoms with Gasteiger partial charge in [-0.15, -0.1) is 0 Å². The van der Waals surface area contributed by atoms with Crippen molar-refractivity contribution < 1.29 is 0 Å². The molecule has 13 aromatic rings. The van der Waals surface area contributed by atoms with Gasteiger partial charge in [-0.05, 0) is 204 Å². The monoisotopic (exact) mass is 1370 g/mol. The molecule has 514 valence electrons. The van der Waals surface area contributed by atoms with Crippen molar-refractivity contribution >= 4 is 74.3 Å². The molecular formula is C101H87BN4. The van der Waals surface area contributed by atoms with Crippen LogP contribution in [0.1, 0.15) is 90.7 Å². The Morgan fingerprint density at radius 2 is 0.755 bits per heavy atom. The van der Waals surface area contributed by atoms with Gasteiger partial charge in [-0.25, -0.2) is 0 Å². The summed E-state index contributed by atoms with van der Waals surface area (Å²) in [6.45, 7) is 14.0. The highest BCUT2D eigenvalue weighted by molar-refractivity contribution is 7.00. The van der Waals surface area contributed by atoms with Crippen LogP contribution in [0.2, 0.25) is 0 Å². The van der Waals surface area contributed by atoms with Crippen LogP contribution in [-0.4, -0.2) is 24.8 Å². The Morgan fingerprint density at radius 1 is 0.330 bits per heavy atom. The first-order valence-corrected chi connectivity index (χ1v) is 38.7. The minimum atomic E-state index is -0.213. The maximum atomic E-state index is 2.93. The van der Waals surface area contributed by atoms with Gasteiger partial charge in [0.15, 0.2) is 0 Å². The molecule has 3 aliphatic carbocycles. The van der Waals surface area contributed by atoms with E-state index in [4.69, 9.17) is 0 Å². The number of fused-ring (bicyclic) bond motifs is 7. The summed E-state index contributed by atoms with van der Waals surface area (Å²) < 4.78 is 0. The summed E-state index contributed by atoms with van der Waals surface area (Å²) in [5.41, 5.74) is 35.0. The van der Waals surface area contributed by atoms with Gasteiger partial charge in [-0.3, -0.25) is 0 Å². The van der Waals surface area contributed by atoms with Crippen LogP contribution in [0.25, 0.3) is 77.9 Å². The molecule has 0 aromatic heterocycles. The second-order valence-corrected chi connectivity index (χ2v) is 33.2. The zero-order valence-electron chi connectivity index (χ0n) is 61.5. The van der Waals surface area contributed by atoms with Crippen molar-refractivity contribution in [1.82, 2.24) is 0 Å². The average molecular weight is 1370 g/mol. The molecule has 13 aromatic carbocycles. The molecule has 0 radical (unpaired) electrons. The summed E-state index contributed by atoms with van der Waals surface area (Å²) in [6, 6.07) is 118. The molecule has 106 heavy (non-hydrogen) atoms. The fraction of sp³-hybridized carbons (Fsp3) is 0.188. The topological polar surface area (TPSA) is 13.0 Å². The molecule has 4 fully saturated rings. The molecule has 5 heteroatoms. The molecule has 5 aliphatic heterocycles. The number of hydrogen-bond donors (Lipinski definition) is 0. The van der Waals surface area contributed by atoms with Crippen LogP contribution in [0.3, 0.4) is 0 Å². The summed E-state index contributed by atoms with van der Waals surface area (Å²) in [5, 5.41) is 0. The van der Waals surface area contributed by atoms with Crippen molar-refractivity contribution in [2.75, 3.05) is 19.6 Å². The second kappa shape index (κ2) is 25.2. The molecule has 2 saturated carbocycles. The quantitative estimate of drug-likeness (QED) is 0.120. The predicted molar refractivity (Wildman–Crippen MR) is 449 cm³/mol. The van der Waals surface area contributed by atoms with Crippen LogP contribution < -0.4 is 36.0 Å². The number of anilines is 9. The van der Waals surface area contributed by atoms with Crippen LogP contribution in [0.15, 0.2) is 327 Å². The van der Waals surface area contributed by atoms with Crippen molar-refractivity contribution in [2.24, 2.45) is 17.3 Å². The van der Waals surface area contributed by atoms with Crippen molar-refractivity contribution in [3.63, 3.8) is 0 Å². The lowest BCUT2D eigenvalue weighted by Crippen LogP contribution is -2.62. The van der Waals surface area contributed by atoms with Crippen molar-refractivity contribution in [2.45, 2.75) is 103 Å². The fourth-order valence-corrected chi connectivity index (χ4v) is 19.9. The highest BCUT2D eigenvalue weighted by Gasteiger charge is 2.51. The summed E-state index contributed by atoms with van der Waals surface area (Å²) in [7, 11) is 0. The van der Waals surface area contributed by atoms with E-state index in [2.05, 4.69) is 383 Å². The second-order valence-electron chi connectivity index (χ2n) is 33.2. The maximum absolute atomic E-state index is 2.93. The summed E-state index contributed by atoms with van der Waals surface area (Å²) in [6.07, 6.45) is 14.1. The van der Waals surface area contributed by atoms with Crippen LogP contribution in [0.4, 0.5) is 51.2 Å². The van der Waals surface area contributed by atoms with E-state index >= 15 is 0 Å². The van der Waals surface area contributed by atoms with Crippen molar-refractivity contribution in [3.05, 3.63) is 338 Å². The third kappa shape index (κ3) is 10.8. The lowest BCUT2D eigenvalue weighted by molar-refractivity contribution is 0.0900. The van der Waals surface area contributed by atoms with E-state index in [-0.39, 0.29) is 29.5 Å². The van der Waals surface area contributed by atoms with Gasteiger partial charge >= 0.3 is 0 Å². The van der Waals surface area contributed by atoms with Crippen LogP contribution >= 0.6 is 0 Å². The van der Waals surface area contributed by atoms with Gasteiger partial charge in [0.1, 0.15) is 0 Å². The highest BCUT2D eigenvalue weighted by Crippen LogP contribution is 2.59. The first-order valence-electron chi connectivity index (χ1n) is 38.7. The molecule has 2 unspecified atom stereocenters. The van der Waals surface area contributed by atoms with E-state index in [0.717, 1.165) is 56.8 Å². The molecule has 4 nitrogen and oxygen atoms in total. The third-order valence-corrected chi connectivity index (χ3v) is 24.7. The number of allylic oxidation sites excluding steroid dienone is 2. The maximum Gasteiger partial charge on any atom is 0.252 e. The number of benzene rings is 13. The molecule has 0 amide bonds. The Kier molecular flexibility index (Phi) is 15.2. The van der Waals surface area contributed by atoms with E-state index in [1.807, 2.05) is 0 Å². The number of nitrogens with zero attached hydrogens (tertiary/aromatic N) is 4. The Labute approximate surface area is 626 Å². The molecule has 5 heterocycles. The Bertz CT molecular complexity index is 5490. The van der Waals surface area contributed by atoms with Crippen LogP contribution in [0.5, 0.6) is 0 Å². The van der Waals surface area contributed by atoms with Gasteiger partial charge in [-0.1, -0.05) is 302 Å². The SMILES string of the molecule is CC(C)(C)C1=CC2c3cc(C(C)(C)C)ccc3N(c3cc4c5c(c3)N(c3c(-c6ccccc6)cc(-c6ccccc6)cc3-c3ccccc3)c3cc(N6C7CC8CC(C7)CC6C8)ccc3B5c3cc(-c5ccccc5)ccc3N4c3c(-c4ccccc4)cc(-c4ccccc4)cc3-c3ccccc3)C2C=C1. The van der Waals surface area contributed by atoms with E-state index in [1.165, 1.54) is 149 Å². The number of piperidine rings is 2. The van der Waals surface area contributed by atoms with Gasteiger partial charge in [-0.2, -0.15) is 0 Å². The van der Waals surface area contributed by atoms with Gasteiger partial charge in [0.25, 0.3) is 6.71 Å². The molecule has 0 spiro atoms. The fourth-order valence-electron chi connectivity index (χ4n) is 19.9. The smallest absolute Gasteiger partial charge is 0.252 e. The van der Waals surface area contributed by atoms with E-state index in [1.54, 1.807) is 0 Å². The van der Waals surface area contributed by atoms with E-state index < -0.39 is 0 Å². The first kappa shape index (κ1) is 64.2. The van der Waals surface area contributed by atoms with Gasteiger partial charge in [0, 0.05) is 80.1 Å². The lowest BCUT2D eigenvalue weighted by atomic mass is 9.33. The minimum absolute atomic E-state index is 0.0226. The molecule has 2 saturated heterocycles. The van der Waals surface area contributed by atoms with E-state index in [9.17, 15) is 0 Å². The van der Waals surface area contributed by atoms with Crippen LogP contribution in [0, 0.1) is 17.3 Å². The van der Waals surface area contributed by atoms with E-state index in [0.29, 0.717) is 12.1 Å². The Hall–Kier alpha value is -11.4.